The van der Waals surface area contributed by atoms with Crippen LogP contribution in [-0.4, -0.2) is 63.8 Å². The van der Waals surface area contributed by atoms with Gasteiger partial charge in [-0.05, 0) is 12.1 Å². The maximum atomic E-state index is 4.39. The van der Waals surface area contributed by atoms with Crippen LogP contribution in [0.1, 0.15) is 5.69 Å². The molecule has 0 bridgehead atoms. The maximum absolute atomic E-state index is 4.39. The lowest BCUT2D eigenvalue weighted by Crippen LogP contribution is -2.52. The topological polar surface area (TPSA) is 74.5 Å². The van der Waals surface area contributed by atoms with Gasteiger partial charge in [0.2, 0.25) is 5.95 Å². The molecule has 0 radical (unpaired) electrons. The summed E-state index contributed by atoms with van der Waals surface area (Å²) in [7, 11) is 3.76. The highest BCUT2D eigenvalue weighted by Crippen LogP contribution is 2.09. The first-order valence-electron chi connectivity index (χ1n) is 7.72. The second kappa shape index (κ2) is 8.81. The van der Waals surface area contributed by atoms with E-state index in [0.29, 0.717) is 6.54 Å². The third kappa shape index (κ3) is 4.34. The van der Waals surface area contributed by atoms with E-state index >= 15 is 0 Å². The molecular weight excluding hydrogens is 419 g/mol. The number of rotatable bonds is 3. The van der Waals surface area contributed by atoms with Gasteiger partial charge in [0.05, 0.1) is 12.2 Å². The molecule has 1 N–H and O–H groups in total. The summed E-state index contributed by atoms with van der Waals surface area (Å²) >= 11 is 0. The smallest absolute Gasteiger partial charge is 0.225 e. The fraction of sp³-hybridized carbons (Fsp3) is 0.467. The highest BCUT2D eigenvalue weighted by Gasteiger charge is 2.21. The van der Waals surface area contributed by atoms with E-state index in [9.17, 15) is 0 Å². The molecule has 3 rings (SSSR count). The fourth-order valence-corrected chi connectivity index (χ4v) is 2.65. The van der Waals surface area contributed by atoms with Crippen LogP contribution in [0.3, 0.4) is 0 Å². The Morgan fingerprint density at radius 1 is 1.17 bits per heavy atom. The molecule has 9 heteroatoms. The SMILES string of the molecule is CN=C(NCc1ccnn1C)N1CCN(c2ncccn2)CC1.I. The lowest BCUT2D eigenvalue weighted by Gasteiger charge is -2.36. The second-order valence-corrected chi connectivity index (χ2v) is 5.37. The van der Waals surface area contributed by atoms with Gasteiger partial charge in [0.15, 0.2) is 5.96 Å². The summed E-state index contributed by atoms with van der Waals surface area (Å²) in [6, 6.07) is 3.84. The van der Waals surface area contributed by atoms with Gasteiger partial charge >= 0.3 is 0 Å². The molecule has 0 aliphatic carbocycles. The number of aliphatic imine (C=N–C) groups is 1. The molecule has 1 fully saturated rings. The predicted octanol–water partition coefficient (Wildman–Crippen LogP) is 0.726. The zero-order valence-electron chi connectivity index (χ0n) is 14.0. The molecule has 3 heterocycles. The number of guanidine groups is 1. The number of piperazine rings is 1. The Hall–Kier alpha value is -1.91. The van der Waals surface area contributed by atoms with Gasteiger partial charge in [0.1, 0.15) is 0 Å². The molecule has 0 unspecified atom stereocenters. The quantitative estimate of drug-likeness (QED) is 0.429. The Kier molecular flexibility index (Phi) is 6.76. The molecule has 24 heavy (non-hydrogen) atoms. The molecule has 0 aromatic carbocycles. The van der Waals surface area contributed by atoms with Crippen LogP contribution in [0.5, 0.6) is 0 Å². The van der Waals surface area contributed by atoms with Crippen LogP contribution in [0.25, 0.3) is 0 Å². The summed E-state index contributed by atoms with van der Waals surface area (Å²) in [5, 5.41) is 7.58. The number of hydrogen-bond donors (Lipinski definition) is 1. The van der Waals surface area contributed by atoms with E-state index in [-0.39, 0.29) is 24.0 Å². The molecule has 2 aromatic heterocycles. The first-order chi connectivity index (χ1) is 11.3. The molecule has 0 amide bonds. The molecular formula is C15H23IN8. The number of aromatic nitrogens is 4. The molecule has 1 saturated heterocycles. The Morgan fingerprint density at radius 3 is 2.46 bits per heavy atom. The van der Waals surface area contributed by atoms with Gasteiger partial charge in [0, 0.05) is 58.9 Å². The number of halogens is 1. The van der Waals surface area contributed by atoms with Gasteiger partial charge < -0.3 is 15.1 Å². The second-order valence-electron chi connectivity index (χ2n) is 5.37. The Bertz CT molecular complexity index is 649. The van der Waals surface area contributed by atoms with Gasteiger partial charge in [-0.25, -0.2) is 9.97 Å². The van der Waals surface area contributed by atoms with E-state index in [1.807, 2.05) is 30.9 Å². The third-order valence-corrected chi connectivity index (χ3v) is 3.98. The lowest BCUT2D eigenvalue weighted by atomic mass is 10.3. The van der Waals surface area contributed by atoms with Crippen LogP contribution >= 0.6 is 24.0 Å². The van der Waals surface area contributed by atoms with Crippen molar-refractivity contribution in [2.75, 3.05) is 38.1 Å². The van der Waals surface area contributed by atoms with E-state index in [2.05, 4.69) is 35.2 Å². The summed E-state index contributed by atoms with van der Waals surface area (Å²) in [5.41, 5.74) is 1.13. The highest BCUT2D eigenvalue weighted by atomic mass is 127. The minimum atomic E-state index is 0. The van der Waals surface area contributed by atoms with E-state index in [1.54, 1.807) is 18.6 Å². The normalized spacial score (nSPS) is 15.2. The van der Waals surface area contributed by atoms with E-state index in [0.717, 1.165) is 43.8 Å². The third-order valence-electron chi connectivity index (χ3n) is 3.98. The Morgan fingerprint density at radius 2 is 1.88 bits per heavy atom. The van der Waals surface area contributed by atoms with Crippen LogP contribution in [0.15, 0.2) is 35.7 Å². The van der Waals surface area contributed by atoms with Crippen LogP contribution in [0.2, 0.25) is 0 Å². The summed E-state index contributed by atoms with van der Waals surface area (Å²) in [6.07, 6.45) is 5.37. The summed E-state index contributed by atoms with van der Waals surface area (Å²) in [4.78, 5) is 17.5. The van der Waals surface area contributed by atoms with Gasteiger partial charge in [-0.2, -0.15) is 5.10 Å². The standard InChI is InChI=1S/C15H22N8.HI/c1-16-14(19-12-13-4-7-20-21(13)2)22-8-10-23(11-9-22)15-17-5-3-6-18-15;/h3-7H,8-12H2,1-2H3,(H,16,19);1H. The molecule has 1 aliphatic heterocycles. The van der Waals surface area contributed by atoms with Crippen LogP contribution in [0, 0.1) is 0 Å². The predicted molar refractivity (Wildman–Crippen MR) is 105 cm³/mol. The Balaban J connectivity index is 0.00000208. The van der Waals surface area contributed by atoms with Crippen molar-refractivity contribution < 1.29 is 0 Å². The number of hydrogen-bond acceptors (Lipinski definition) is 5. The highest BCUT2D eigenvalue weighted by molar-refractivity contribution is 14.0. The largest absolute Gasteiger partial charge is 0.351 e. The zero-order valence-corrected chi connectivity index (χ0v) is 16.3. The maximum Gasteiger partial charge on any atom is 0.225 e. The molecule has 0 spiro atoms. The van der Waals surface area contributed by atoms with E-state index in [1.165, 1.54) is 0 Å². The number of anilines is 1. The van der Waals surface area contributed by atoms with E-state index in [4.69, 9.17) is 0 Å². The van der Waals surface area contributed by atoms with Gasteiger partial charge in [-0.3, -0.25) is 9.67 Å². The molecule has 1 aliphatic rings. The number of nitrogens with one attached hydrogen (secondary N) is 1. The minimum Gasteiger partial charge on any atom is -0.351 e. The first-order valence-corrected chi connectivity index (χ1v) is 7.72. The van der Waals surface area contributed by atoms with Crippen molar-refractivity contribution in [2.45, 2.75) is 6.54 Å². The van der Waals surface area contributed by atoms with E-state index < -0.39 is 0 Å². The average molecular weight is 442 g/mol. The first kappa shape index (κ1) is 18.4. The van der Waals surface area contributed by atoms with Crippen molar-refractivity contribution in [3.63, 3.8) is 0 Å². The van der Waals surface area contributed by atoms with Crippen molar-refractivity contribution in [3.05, 3.63) is 36.4 Å². The van der Waals surface area contributed by atoms with Crippen molar-refractivity contribution in [1.29, 1.82) is 0 Å². The zero-order chi connectivity index (χ0) is 16.1. The summed E-state index contributed by atoms with van der Waals surface area (Å²) in [6.45, 7) is 4.27. The fourth-order valence-electron chi connectivity index (χ4n) is 2.65. The van der Waals surface area contributed by atoms with Crippen molar-refractivity contribution in [2.24, 2.45) is 12.0 Å². The van der Waals surface area contributed by atoms with Gasteiger partial charge in [-0.15, -0.1) is 24.0 Å². The van der Waals surface area contributed by atoms with Crippen molar-refractivity contribution in [3.8, 4) is 0 Å². The number of nitrogens with zero attached hydrogens (tertiary/aromatic N) is 7. The van der Waals surface area contributed by atoms with Crippen molar-refractivity contribution in [1.82, 2.24) is 30.0 Å². The van der Waals surface area contributed by atoms with Crippen LogP contribution < -0.4 is 10.2 Å². The average Bonchev–Trinajstić information content (AvgIpc) is 3.02. The minimum absolute atomic E-state index is 0. The monoisotopic (exact) mass is 442 g/mol. The van der Waals surface area contributed by atoms with Crippen LogP contribution in [0.4, 0.5) is 5.95 Å². The molecule has 0 atom stereocenters. The summed E-state index contributed by atoms with van der Waals surface area (Å²) in [5.74, 6) is 1.71. The Labute approximate surface area is 159 Å². The molecule has 0 saturated carbocycles. The summed E-state index contributed by atoms with van der Waals surface area (Å²) < 4.78 is 1.87. The lowest BCUT2D eigenvalue weighted by molar-refractivity contribution is 0.369. The van der Waals surface area contributed by atoms with Gasteiger partial charge in [-0.1, -0.05) is 0 Å². The van der Waals surface area contributed by atoms with Gasteiger partial charge in [0.25, 0.3) is 0 Å². The molecule has 2 aromatic rings. The van der Waals surface area contributed by atoms with Crippen LogP contribution in [-0.2, 0) is 13.6 Å². The number of aryl methyl sites for hydroxylation is 1. The molecule has 8 nitrogen and oxygen atoms in total. The van der Waals surface area contributed by atoms with Crippen molar-refractivity contribution >= 4 is 35.9 Å². The molecule has 130 valence electrons.